The van der Waals surface area contributed by atoms with Crippen LogP contribution in [0.15, 0.2) is 42.6 Å². The summed E-state index contributed by atoms with van der Waals surface area (Å²) in [5, 5.41) is 3.01. The number of hydrogen-bond donors (Lipinski definition) is 1. The highest BCUT2D eigenvalue weighted by Crippen LogP contribution is 2.19. The van der Waals surface area contributed by atoms with E-state index < -0.39 is 0 Å². The van der Waals surface area contributed by atoms with Gasteiger partial charge in [0.25, 0.3) is 5.91 Å². The molecule has 0 radical (unpaired) electrons. The molecule has 3 rings (SSSR count). The molecular formula is C18H19N3O. The maximum Gasteiger partial charge on any atom is 0.274 e. The molecule has 3 aromatic rings. The first kappa shape index (κ1) is 14.3. The van der Waals surface area contributed by atoms with Gasteiger partial charge in [0.2, 0.25) is 0 Å². The third kappa shape index (κ3) is 2.48. The largest absolute Gasteiger partial charge is 0.320 e. The molecule has 22 heavy (non-hydrogen) atoms. The van der Waals surface area contributed by atoms with Crippen molar-refractivity contribution in [1.29, 1.82) is 0 Å². The van der Waals surface area contributed by atoms with Crippen LogP contribution in [-0.4, -0.2) is 15.3 Å². The Bertz CT molecular complexity index is 849. The minimum absolute atomic E-state index is 0.130. The smallest absolute Gasteiger partial charge is 0.274 e. The highest BCUT2D eigenvalue weighted by molar-refractivity contribution is 6.04. The lowest BCUT2D eigenvalue weighted by molar-refractivity contribution is 0.102. The summed E-state index contributed by atoms with van der Waals surface area (Å²) in [7, 11) is 0. The van der Waals surface area contributed by atoms with Crippen LogP contribution >= 0.6 is 0 Å². The van der Waals surface area contributed by atoms with Crippen molar-refractivity contribution >= 4 is 17.2 Å². The number of carbonyl (C=O) groups excluding carboxylic acids is 1. The van der Waals surface area contributed by atoms with Gasteiger partial charge in [0.15, 0.2) is 0 Å². The van der Waals surface area contributed by atoms with Crippen LogP contribution in [0, 0.1) is 13.8 Å². The predicted molar refractivity (Wildman–Crippen MR) is 88.4 cm³/mol. The van der Waals surface area contributed by atoms with Gasteiger partial charge in [0, 0.05) is 11.9 Å². The average Bonchev–Trinajstić information content (AvgIpc) is 2.82. The second kappa shape index (κ2) is 5.64. The van der Waals surface area contributed by atoms with Gasteiger partial charge in [-0.1, -0.05) is 25.1 Å². The molecule has 4 heteroatoms. The van der Waals surface area contributed by atoms with Crippen LogP contribution in [0.3, 0.4) is 0 Å². The van der Waals surface area contributed by atoms with Gasteiger partial charge in [0.1, 0.15) is 11.3 Å². The Morgan fingerprint density at radius 3 is 2.77 bits per heavy atom. The lowest BCUT2D eigenvalue weighted by atomic mass is 10.1. The molecule has 0 fully saturated rings. The Labute approximate surface area is 129 Å². The van der Waals surface area contributed by atoms with E-state index in [0.29, 0.717) is 5.69 Å². The number of amides is 1. The molecule has 0 spiro atoms. The number of carbonyl (C=O) groups is 1. The lowest BCUT2D eigenvalue weighted by Crippen LogP contribution is -2.16. The Kier molecular flexibility index (Phi) is 3.67. The number of nitrogens with one attached hydrogen (secondary N) is 1. The topological polar surface area (TPSA) is 46.4 Å². The zero-order valence-electron chi connectivity index (χ0n) is 13.1. The molecule has 0 aliphatic heterocycles. The first-order valence-corrected chi connectivity index (χ1v) is 7.44. The van der Waals surface area contributed by atoms with Crippen molar-refractivity contribution < 1.29 is 4.79 Å². The standard InChI is InChI=1S/C18H19N3O/c1-4-14-7-5-6-8-15(14)20-18(22)17-13(3)19-16-11-12(2)9-10-21(16)17/h5-11H,4H2,1-3H3,(H,20,22). The summed E-state index contributed by atoms with van der Waals surface area (Å²) >= 11 is 0. The molecule has 4 nitrogen and oxygen atoms in total. The highest BCUT2D eigenvalue weighted by Gasteiger charge is 2.17. The van der Waals surface area contributed by atoms with Crippen LogP contribution in [0.4, 0.5) is 5.69 Å². The van der Waals surface area contributed by atoms with Gasteiger partial charge in [-0.2, -0.15) is 0 Å². The van der Waals surface area contributed by atoms with E-state index in [1.165, 1.54) is 0 Å². The molecule has 0 aliphatic rings. The van der Waals surface area contributed by atoms with Gasteiger partial charge in [0.05, 0.1) is 5.69 Å². The molecule has 0 unspecified atom stereocenters. The van der Waals surface area contributed by atoms with Gasteiger partial charge in [-0.25, -0.2) is 4.98 Å². The molecule has 0 saturated heterocycles. The van der Waals surface area contributed by atoms with Crippen LogP contribution in [-0.2, 0) is 6.42 Å². The van der Waals surface area contributed by atoms with E-state index in [-0.39, 0.29) is 5.91 Å². The fraction of sp³-hybridized carbons (Fsp3) is 0.222. The molecule has 1 amide bonds. The molecule has 1 aromatic carbocycles. The van der Waals surface area contributed by atoms with Crippen molar-refractivity contribution in [1.82, 2.24) is 9.38 Å². The number of aromatic nitrogens is 2. The number of pyridine rings is 1. The molecular weight excluding hydrogens is 274 g/mol. The zero-order chi connectivity index (χ0) is 15.7. The Morgan fingerprint density at radius 1 is 1.23 bits per heavy atom. The summed E-state index contributed by atoms with van der Waals surface area (Å²) in [6, 6.07) is 11.8. The lowest BCUT2D eigenvalue weighted by Gasteiger charge is -2.10. The van der Waals surface area contributed by atoms with Crippen LogP contribution in [0.25, 0.3) is 5.65 Å². The van der Waals surface area contributed by atoms with Crippen molar-refractivity contribution in [2.75, 3.05) is 5.32 Å². The second-order valence-electron chi connectivity index (χ2n) is 5.44. The SMILES string of the molecule is CCc1ccccc1NC(=O)c1c(C)nc2cc(C)ccn12. The summed E-state index contributed by atoms with van der Waals surface area (Å²) < 4.78 is 1.84. The van der Waals surface area contributed by atoms with E-state index in [9.17, 15) is 4.79 Å². The highest BCUT2D eigenvalue weighted by atomic mass is 16.2. The molecule has 0 aliphatic carbocycles. The number of nitrogens with zero attached hydrogens (tertiary/aromatic N) is 2. The number of anilines is 1. The number of para-hydroxylation sites is 1. The predicted octanol–water partition coefficient (Wildman–Crippen LogP) is 3.77. The normalized spacial score (nSPS) is 10.9. The van der Waals surface area contributed by atoms with Crippen molar-refractivity contribution in [2.24, 2.45) is 0 Å². The number of rotatable bonds is 3. The van der Waals surface area contributed by atoms with E-state index in [0.717, 1.165) is 34.6 Å². The first-order chi connectivity index (χ1) is 10.6. The molecule has 2 heterocycles. The Balaban J connectivity index is 2.00. The van der Waals surface area contributed by atoms with E-state index in [2.05, 4.69) is 17.2 Å². The molecule has 0 atom stereocenters. The van der Waals surface area contributed by atoms with Gasteiger partial charge >= 0.3 is 0 Å². The molecule has 1 N–H and O–H groups in total. The van der Waals surface area contributed by atoms with Crippen molar-refractivity contribution in [3.8, 4) is 0 Å². The van der Waals surface area contributed by atoms with Gasteiger partial charge < -0.3 is 5.32 Å². The van der Waals surface area contributed by atoms with E-state index in [1.54, 1.807) is 0 Å². The maximum absolute atomic E-state index is 12.7. The maximum atomic E-state index is 12.7. The number of fused-ring (bicyclic) bond motifs is 1. The zero-order valence-corrected chi connectivity index (χ0v) is 13.1. The summed E-state index contributed by atoms with van der Waals surface area (Å²) in [6.07, 6.45) is 2.77. The van der Waals surface area contributed by atoms with Crippen molar-refractivity contribution in [3.63, 3.8) is 0 Å². The second-order valence-corrected chi connectivity index (χ2v) is 5.44. The Morgan fingerprint density at radius 2 is 2.00 bits per heavy atom. The minimum Gasteiger partial charge on any atom is -0.320 e. The molecule has 2 aromatic heterocycles. The third-order valence-electron chi connectivity index (χ3n) is 3.82. The summed E-state index contributed by atoms with van der Waals surface area (Å²) in [6.45, 7) is 5.96. The van der Waals surface area contributed by atoms with E-state index >= 15 is 0 Å². The van der Waals surface area contributed by atoms with E-state index in [1.807, 2.05) is 60.8 Å². The van der Waals surface area contributed by atoms with Crippen LogP contribution in [0.1, 0.15) is 34.2 Å². The van der Waals surface area contributed by atoms with E-state index in [4.69, 9.17) is 0 Å². The minimum atomic E-state index is -0.130. The number of benzene rings is 1. The Hall–Kier alpha value is -2.62. The molecule has 0 saturated carbocycles. The summed E-state index contributed by atoms with van der Waals surface area (Å²) in [5.41, 5.74) is 5.22. The number of imidazole rings is 1. The van der Waals surface area contributed by atoms with Crippen molar-refractivity contribution in [3.05, 3.63) is 65.1 Å². The van der Waals surface area contributed by atoms with Gasteiger partial charge in [-0.05, 0) is 49.6 Å². The fourth-order valence-electron chi connectivity index (χ4n) is 2.67. The van der Waals surface area contributed by atoms with Crippen LogP contribution in [0.2, 0.25) is 0 Å². The van der Waals surface area contributed by atoms with Gasteiger partial charge in [-0.15, -0.1) is 0 Å². The van der Waals surface area contributed by atoms with Crippen molar-refractivity contribution in [2.45, 2.75) is 27.2 Å². The quantitative estimate of drug-likeness (QED) is 0.799. The monoisotopic (exact) mass is 293 g/mol. The summed E-state index contributed by atoms with van der Waals surface area (Å²) in [5.74, 6) is -0.130. The van der Waals surface area contributed by atoms with Crippen LogP contribution < -0.4 is 5.32 Å². The summed E-state index contributed by atoms with van der Waals surface area (Å²) in [4.78, 5) is 17.2. The average molecular weight is 293 g/mol. The molecule has 112 valence electrons. The van der Waals surface area contributed by atoms with Crippen LogP contribution in [0.5, 0.6) is 0 Å². The third-order valence-corrected chi connectivity index (χ3v) is 3.82. The van der Waals surface area contributed by atoms with Gasteiger partial charge in [-0.3, -0.25) is 9.20 Å². The molecule has 0 bridgehead atoms. The number of hydrogen-bond acceptors (Lipinski definition) is 2. The number of aryl methyl sites for hydroxylation is 3. The first-order valence-electron chi connectivity index (χ1n) is 7.44. The fourth-order valence-corrected chi connectivity index (χ4v) is 2.67.